The number of anilines is 2. The van der Waals surface area contributed by atoms with Crippen LogP contribution in [0.1, 0.15) is 42.2 Å². The van der Waals surface area contributed by atoms with E-state index in [0.29, 0.717) is 12.1 Å². The normalized spacial score (nSPS) is 17.6. The summed E-state index contributed by atoms with van der Waals surface area (Å²) in [5, 5.41) is 5.28. The second kappa shape index (κ2) is 10.4. The summed E-state index contributed by atoms with van der Waals surface area (Å²) >= 11 is 0. The quantitative estimate of drug-likeness (QED) is 0.553. The number of likely N-dealkylation sites (tertiary alicyclic amines) is 1. The van der Waals surface area contributed by atoms with E-state index >= 15 is 0 Å². The van der Waals surface area contributed by atoms with Crippen LogP contribution < -0.4 is 15.4 Å². The predicted octanol–water partition coefficient (Wildman–Crippen LogP) is 4.19. The van der Waals surface area contributed by atoms with E-state index < -0.39 is 42.9 Å². The summed E-state index contributed by atoms with van der Waals surface area (Å²) in [7, 11) is 0. The largest absolute Gasteiger partial charge is 0.573 e. The van der Waals surface area contributed by atoms with Crippen LogP contribution in [-0.4, -0.2) is 58.1 Å². The van der Waals surface area contributed by atoms with Gasteiger partial charge in [-0.1, -0.05) is 6.07 Å². The minimum Gasteiger partial charge on any atom is -0.406 e. The molecular weight excluding hydrogens is 477 g/mol. The Morgan fingerprint density at radius 1 is 1.23 bits per heavy atom. The number of aromatic nitrogens is 2. The number of ether oxygens (including phenoxy) is 1. The Kier molecular flexibility index (Phi) is 7.76. The van der Waals surface area contributed by atoms with Gasteiger partial charge in [0.2, 0.25) is 5.91 Å². The molecule has 2 amide bonds. The molecule has 2 aromatic rings. The van der Waals surface area contributed by atoms with Crippen molar-refractivity contribution in [3.63, 3.8) is 0 Å². The highest BCUT2D eigenvalue weighted by Gasteiger charge is 2.43. The maximum absolute atomic E-state index is 14.2. The first-order chi connectivity index (χ1) is 16.4. The zero-order chi connectivity index (χ0) is 25.8. The van der Waals surface area contributed by atoms with Crippen molar-refractivity contribution in [3.8, 4) is 5.75 Å². The predicted molar refractivity (Wildman–Crippen MR) is 115 cm³/mol. The fraction of sp³-hybridized carbons (Fsp3) is 0.455. The number of hydrogen-bond acceptors (Lipinski definition) is 6. The summed E-state index contributed by atoms with van der Waals surface area (Å²) in [6.45, 7) is 2.81. The molecule has 0 aliphatic carbocycles. The molecule has 13 heteroatoms. The maximum Gasteiger partial charge on any atom is 0.573 e. The fourth-order valence-corrected chi connectivity index (χ4v) is 3.68. The van der Waals surface area contributed by atoms with Crippen molar-refractivity contribution in [2.45, 2.75) is 51.4 Å². The molecule has 0 spiro atoms. The van der Waals surface area contributed by atoms with Crippen LogP contribution in [0.2, 0.25) is 0 Å². The van der Waals surface area contributed by atoms with E-state index in [1.54, 1.807) is 13.8 Å². The highest BCUT2D eigenvalue weighted by atomic mass is 19.4. The Morgan fingerprint density at radius 2 is 1.97 bits per heavy atom. The van der Waals surface area contributed by atoms with Crippen molar-refractivity contribution in [2.24, 2.45) is 0 Å². The number of alkyl halides is 5. The molecule has 0 aromatic carbocycles. The minimum absolute atomic E-state index is 0.0416. The molecule has 1 saturated heterocycles. The van der Waals surface area contributed by atoms with Crippen molar-refractivity contribution >= 4 is 23.5 Å². The smallest absolute Gasteiger partial charge is 0.406 e. The van der Waals surface area contributed by atoms with E-state index in [0.717, 1.165) is 23.2 Å². The van der Waals surface area contributed by atoms with Gasteiger partial charge in [0, 0.05) is 37.7 Å². The molecule has 190 valence electrons. The van der Waals surface area contributed by atoms with Gasteiger partial charge in [-0.25, -0.2) is 18.7 Å². The number of rotatable bonds is 7. The van der Waals surface area contributed by atoms with Gasteiger partial charge >= 0.3 is 6.36 Å². The van der Waals surface area contributed by atoms with Crippen LogP contribution >= 0.6 is 0 Å². The van der Waals surface area contributed by atoms with E-state index in [1.165, 1.54) is 12.1 Å². The molecule has 8 nitrogen and oxygen atoms in total. The zero-order valence-electron chi connectivity index (χ0n) is 19.0. The van der Waals surface area contributed by atoms with Crippen LogP contribution in [0.15, 0.2) is 30.5 Å². The number of carbonyl (C=O) groups excluding carboxylic acids is 2. The Morgan fingerprint density at radius 3 is 2.66 bits per heavy atom. The minimum atomic E-state index is -4.89. The molecule has 2 aromatic heterocycles. The van der Waals surface area contributed by atoms with Gasteiger partial charge in [-0.15, -0.1) is 13.2 Å². The van der Waals surface area contributed by atoms with E-state index in [9.17, 15) is 31.5 Å². The lowest BCUT2D eigenvalue weighted by Gasteiger charge is -2.39. The number of piperidine rings is 1. The van der Waals surface area contributed by atoms with E-state index in [2.05, 4.69) is 25.3 Å². The highest BCUT2D eigenvalue weighted by molar-refractivity contribution is 5.95. The molecule has 3 rings (SSSR count). The molecule has 0 bridgehead atoms. The lowest BCUT2D eigenvalue weighted by atomic mass is 9.95. The monoisotopic (exact) mass is 501 g/mol. The summed E-state index contributed by atoms with van der Waals surface area (Å²) in [6, 6.07) is 4.25. The molecule has 1 atom stereocenters. The van der Waals surface area contributed by atoms with Crippen molar-refractivity contribution in [1.82, 2.24) is 20.2 Å². The standard InChI is InChI=1S/C22H24F5N5O3/c1-3-28-18(33)10-14-6-8-21(23,24)12-32(14)20(34)19-13(2)4-5-16(31-19)30-17-11-15(7-9-29-17)35-22(25,26)27/h4-5,7,9,11,14H,3,6,8,10,12H2,1-2H3,(H,28,33)(H,29,30,31). The third-order valence-electron chi connectivity index (χ3n) is 5.26. The van der Waals surface area contributed by atoms with Crippen LogP contribution in [0.3, 0.4) is 0 Å². The molecule has 1 aliphatic heterocycles. The molecule has 1 unspecified atom stereocenters. The number of carbonyl (C=O) groups is 2. The average molecular weight is 501 g/mol. The molecule has 1 fully saturated rings. The highest BCUT2D eigenvalue weighted by Crippen LogP contribution is 2.33. The third-order valence-corrected chi connectivity index (χ3v) is 5.26. The van der Waals surface area contributed by atoms with E-state index in [4.69, 9.17) is 0 Å². The fourth-order valence-electron chi connectivity index (χ4n) is 3.68. The van der Waals surface area contributed by atoms with Gasteiger partial charge in [0.1, 0.15) is 23.1 Å². The topological polar surface area (TPSA) is 96.5 Å². The third kappa shape index (κ3) is 7.23. The van der Waals surface area contributed by atoms with Crippen LogP contribution in [0.5, 0.6) is 5.75 Å². The van der Waals surface area contributed by atoms with Crippen LogP contribution in [0, 0.1) is 6.92 Å². The molecule has 35 heavy (non-hydrogen) atoms. The van der Waals surface area contributed by atoms with Crippen molar-refractivity contribution < 1.29 is 36.3 Å². The maximum atomic E-state index is 14.2. The van der Waals surface area contributed by atoms with Gasteiger partial charge in [-0.2, -0.15) is 0 Å². The van der Waals surface area contributed by atoms with Gasteiger partial charge in [-0.3, -0.25) is 9.59 Å². The Balaban J connectivity index is 1.84. The van der Waals surface area contributed by atoms with Crippen molar-refractivity contribution in [1.29, 1.82) is 0 Å². The van der Waals surface area contributed by atoms with Gasteiger partial charge in [0.05, 0.1) is 6.54 Å². The summed E-state index contributed by atoms with van der Waals surface area (Å²) < 4.78 is 69.7. The summed E-state index contributed by atoms with van der Waals surface area (Å²) in [6.07, 6.45) is -4.42. The number of hydrogen-bond donors (Lipinski definition) is 2. The number of nitrogens with zero attached hydrogens (tertiary/aromatic N) is 3. The van der Waals surface area contributed by atoms with Crippen LogP contribution in [0.25, 0.3) is 0 Å². The first-order valence-corrected chi connectivity index (χ1v) is 10.8. The number of nitrogens with one attached hydrogen (secondary N) is 2. The van der Waals surface area contributed by atoms with Crippen molar-refractivity contribution in [2.75, 3.05) is 18.4 Å². The first-order valence-electron chi connectivity index (χ1n) is 10.8. The number of aryl methyl sites for hydroxylation is 1. The molecule has 3 heterocycles. The average Bonchev–Trinajstić information content (AvgIpc) is 2.75. The lowest BCUT2D eigenvalue weighted by Crippen LogP contribution is -2.53. The SMILES string of the molecule is CCNC(=O)CC1CCC(F)(F)CN1C(=O)c1nc(Nc2cc(OC(F)(F)F)ccn2)ccc1C. The van der Waals surface area contributed by atoms with E-state index in [1.807, 2.05) is 0 Å². The zero-order valence-corrected chi connectivity index (χ0v) is 19.0. The number of pyridine rings is 2. The van der Waals surface area contributed by atoms with Crippen LogP contribution in [0.4, 0.5) is 33.6 Å². The molecular formula is C22H24F5N5O3. The summed E-state index contributed by atoms with van der Waals surface area (Å²) in [4.78, 5) is 34.4. The van der Waals surface area contributed by atoms with Gasteiger partial charge in [0.25, 0.3) is 11.8 Å². The second-order valence-electron chi connectivity index (χ2n) is 8.05. The second-order valence-corrected chi connectivity index (χ2v) is 8.05. The van der Waals surface area contributed by atoms with Crippen LogP contribution in [-0.2, 0) is 4.79 Å². The Labute approximate surface area is 197 Å². The molecule has 1 aliphatic rings. The van der Waals surface area contributed by atoms with Gasteiger partial charge in [0.15, 0.2) is 0 Å². The Bertz CT molecular complexity index is 1080. The van der Waals surface area contributed by atoms with E-state index in [-0.39, 0.29) is 36.1 Å². The number of halogens is 5. The first kappa shape index (κ1) is 26.1. The summed E-state index contributed by atoms with van der Waals surface area (Å²) in [5.41, 5.74) is 0.268. The van der Waals surface area contributed by atoms with Crippen molar-refractivity contribution in [3.05, 3.63) is 41.7 Å². The molecule has 0 saturated carbocycles. The Hall–Kier alpha value is -3.51. The molecule has 2 N–H and O–H groups in total. The summed E-state index contributed by atoms with van der Waals surface area (Å²) in [5.74, 6) is -4.74. The molecule has 0 radical (unpaired) electrons. The van der Waals surface area contributed by atoms with Gasteiger partial charge in [-0.05, 0) is 38.0 Å². The lowest BCUT2D eigenvalue weighted by molar-refractivity contribution is -0.274. The van der Waals surface area contributed by atoms with Gasteiger partial charge < -0.3 is 20.3 Å². The number of amides is 2.